The molecule has 4 atom stereocenters. The third-order valence-corrected chi connectivity index (χ3v) is 6.72. The lowest BCUT2D eigenvalue weighted by Gasteiger charge is -2.35. The quantitative estimate of drug-likeness (QED) is 0.692. The maximum atomic E-state index is 10.7. The Morgan fingerprint density at radius 3 is 2.93 bits per heavy atom. The van der Waals surface area contributed by atoms with Gasteiger partial charge in [0.15, 0.2) is 11.5 Å². The first-order valence-electron chi connectivity index (χ1n) is 10.6. The van der Waals surface area contributed by atoms with Crippen LogP contribution in [0.1, 0.15) is 18.4 Å². The zero-order valence-electron chi connectivity index (χ0n) is 16.7. The van der Waals surface area contributed by atoms with Crippen molar-refractivity contribution >= 4 is 11.0 Å². The molecule has 6 rings (SSSR count). The summed E-state index contributed by atoms with van der Waals surface area (Å²) in [5, 5.41) is 11.9. The van der Waals surface area contributed by atoms with Gasteiger partial charge in [0.1, 0.15) is 17.5 Å². The van der Waals surface area contributed by atoms with Crippen LogP contribution in [0.15, 0.2) is 42.7 Å². The van der Waals surface area contributed by atoms with Gasteiger partial charge in [0.2, 0.25) is 6.79 Å². The van der Waals surface area contributed by atoms with Crippen molar-refractivity contribution in [2.75, 3.05) is 19.9 Å². The average Bonchev–Trinajstić information content (AvgIpc) is 3.47. The zero-order valence-corrected chi connectivity index (χ0v) is 16.7. The SMILES string of the molecule is O[C@@H]1C[C@H]2CN(Cc3c[nH]c4ncccc34)C[C@H]2C[C@H]1Oc1ccc2c(c1)OCO2. The molecule has 1 saturated carbocycles. The van der Waals surface area contributed by atoms with Gasteiger partial charge in [-0.15, -0.1) is 0 Å². The molecule has 0 amide bonds. The van der Waals surface area contributed by atoms with Gasteiger partial charge in [-0.05, 0) is 54.5 Å². The van der Waals surface area contributed by atoms with Crippen molar-refractivity contribution in [1.82, 2.24) is 14.9 Å². The Bertz CT molecular complexity index is 1070. The first-order valence-corrected chi connectivity index (χ1v) is 10.6. The average molecular weight is 407 g/mol. The number of hydrogen-bond donors (Lipinski definition) is 2. The Kier molecular flexibility index (Phi) is 4.32. The van der Waals surface area contributed by atoms with E-state index in [2.05, 4.69) is 27.1 Å². The predicted octanol–water partition coefficient (Wildman–Crippen LogP) is 2.94. The van der Waals surface area contributed by atoms with Crippen LogP contribution in [0.25, 0.3) is 11.0 Å². The van der Waals surface area contributed by atoms with Gasteiger partial charge in [-0.2, -0.15) is 0 Å². The smallest absolute Gasteiger partial charge is 0.231 e. The fourth-order valence-corrected chi connectivity index (χ4v) is 5.25. The summed E-state index contributed by atoms with van der Waals surface area (Å²) in [4.78, 5) is 10.2. The lowest BCUT2D eigenvalue weighted by molar-refractivity contribution is -0.0232. The van der Waals surface area contributed by atoms with E-state index in [-0.39, 0.29) is 12.9 Å². The molecule has 3 aromatic rings. The van der Waals surface area contributed by atoms with Crippen molar-refractivity contribution in [2.24, 2.45) is 11.8 Å². The Hall–Kier alpha value is -2.77. The normalized spacial score (nSPS) is 28.0. The number of aliphatic hydroxyl groups is 1. The molecular weight excluding hydrogens is 382 g/mol. The van der Waals surface area contributed by atoms with Gasteiger partial charge in [-0.25, -0.2) is 4.98 Å². The van der Waals surface area contributed by atoms with Crippen LogP contribution in [-0.4, -0.2) is 52.1 Å². The third-order valence-electron chi connectivity index (χ3n) is 6.72. The maximum absolute atomic E-state index is 10.7. The first-order chi connectivity index (χ1) is 14.7. The highest BCUT2D eigenvalue weighted by atomic mass is 16.7. The van der Waals surface area contributed by atoms with Crippen LogP contribution in [0.3, 0.4) is 0 Å². The van der Waals surface area contributed by atoms with Crippen LogP contribution >= 0.6 is 0 Å². The highest BCUT2D eigenvalue weighted by Gasteiger charge is 2.42. The molecule has 1 aromatic carbocycles. The number of rotatable bonds is 4. The summed E-state index contributed by atoms with van der Waals surface area (Å²) in [6.45, 7) is 3.20. The van der Waals surface area contributed by atoms with Crippen LogP contribution < -0.4 is 14.2 Å². The molecule has 1 saturated heterocycles. The third kappa shape index (κ3) is 3.18. The molecule has 0 spiro atoms. The number of hydrogen-bond acceptors (Lipinski definition) is 6. The van der Waals surface area contributed by atoms with E-state index in [1.165, 1.54) is 10.9 Å². The number of nitrogens with one attached hydrogen (secondary N) is 1. The molecule has 4 heterocycles. The van der Waals surface area contributed by atoms with E-state index in [4.69, 9.17) is 14.2 Å². The summed E-state index contributed by atoms with van der Waals surface area (Å²) in [6.07, 6.45) is 4.89. The number of H-pyrrole nitrogens is 1. The molecule has 0 radical (unpaired) electrons. The van der Waals surface area contributed by atoms with E-state index in [0.717, 1.165) is 49.6 Å². The lowest BCUT2D eigenvalue weighted by atomic mass is 9.78. The van der Waals surface area contributed by atoms with Gasteiger partial charge in [-0.1, -0.05) is 0 Å². The number of nitrogens with zero attached hydrogens (tertiary/aromatic N) is 2. The predicted molar refractivity (Wildman–Crippen MR) is 111 cm³/mol. The Morgan fingerprint density at radius 2 is 2.00 bits per heavy atom. The molecule has 0 unspecified atom stereocenters. The highest BCUT2D eigenvalue weighted by molar-refractivity contribution is 5.79. The molecule has 1 aliphatic carbocycles. The van der Waals surface area contributed by atoms with Crippen molar-refractivity contribution < 1.29 is 19.3 Å². The molecule has 3 aliphatic rings. The summed E-state index contributed by atoms with van der Waals surface area (Å²) >= 11 is 0. The van der Waals surface area contributed by atoms with Crippen LogP contribution in [0.2, 0.25) is 0 Å². The molecule has 30 heavy (non-hydrogen) atoms. The highest BCUT2D eigenvalue weighted by Crippen LogP contribution is 2.40. The Labute approximate surface area is 174 Å². The summed E-state index contributed by atoms with van der Waals surface area (Å²) in [7, 11) is 0. The van der Waals surface area contributed by atoms with Gasteiger partial charge in [0.25, 0.3) is 0 Å². The number of aromatic amines is 1. The number of fused-ring (bicyclic) bond motifs is 3. The van der Waals surface area contributed by atoms with Crippen molar-refractivity contribution in [2.45, 2.75) is 31.6 Å². The minimum Gasteiger partial charge on any atom is -0.488 e. The molecule has 2 aliphatic heterocycles. The second kappa shape index (κ2) is 7.18. The maximum Gasteiger partial charge on any atom is 0.231 e. The van der Waals surface area contributed by atoms with Gasteiger partial charge in [0.05, 0.1) is 6.10 Å². The summed E-state index contributed by atoms with van der Waals surface area (Å²) < 4.78 is 17.0. The Balaban J connectivity index is 1.13. The molecule has 7 nitrogen and oxygen atoms in total. The van der Waals surface area contributed by atoms with Crippen molar-refractivity contribution in [1.29, 1.82) is 0 Å². The topological polar surface area (TPSA) is 79.8 Å². The van der Waals surface area contributed by atoms with Gasteiger partial charge in [0, 0.05) is 43.5 Å². The molecular formula is C23H25N3O4. The second-order valence-electron chi connectivity index (χ2n) is 8.64. The van der Waals surface area contributed by atoms with E-state index in [0.29, 0.717) is 17.6 Å². The van der Waals surface area contributed by atoms with E-state index in [1.54, 1.807) is 0 Å². The molecule has 7 heteroatoms. The van der Waals surface area contributed by atoms with Gasteiger partial charge in [-0.3, -0.25) is 4.90 Å². The first kappa shape index (κ1) is 18.0. The van der Waals surface area contributed by atoms with Crippen LogP contribution in [0.5, 0.6) is 17.2 Å². The second-order valence-corrected chi connectivity index (χ2v) is 8.64. The largest absolute Gasteiger partial charge is 0.488 e. The number of ether oxygens (including phenoxy) is 3. The number of aliphatic hydroxyl groups excluding tert-OH is 1. The molecule has 0 bridgehead atoms. The fourth-order valence-electron chi connectivity index (χ4n) is 5.25. The number of benzene rings is 1. The standard InChI is InChI=1S/C23H25N3O4/c27-19-6-14-10-26(12-16-9-25-23-18(16)2-1-5-24-23)11-15(14)7-21(19)30-17-3-4-20-22(8-17)29-13-28-20/h1-5,8-9,14-15,19,21,27H,6-7,10-13H2,(H,24,25)/t14-,15+,19+,21+/m0/s1. The van der Waals surface area contributed by atoms with Crippen LogP contribution in [0.4, 0.5) is 0 Å². The molecule has 2 N–H and O–H groups in total. The van der Waals surface area contributed by atoms with Crippen molar-refractivity contribution in [3.8, 4) is 17.2 Å². The van der Waals surface area contributed by atoms with Gasteiger partial charge < -0.3 is 24.3 Å². The van der Waals surface area contributed by atoms with Crippen molar-refractivity contribution in [3.05, 3.63) is 48.3 Å². The molecule has 156 valence electrons. The lowest BCUT2D eigenvalue weighted by Crippen LogP contribution is -2.42. The van der Waals surface area contributed by atoms with Gasteiger partial charge >= 0.3 is 0 Å². The van der Waals surface area contributed by atoms with E-state index >= 15 is 0 Å². The van der Waals surface area contributed by atoms with Crippen LogP contribution in [0, 0.1) is 11.8 Å². The summed E-state index contributed by atoms with van der Waals surface area (Å²) in [5.41, 5.74) is 2.22. The minimum absolute atomic E-state index is 0.191. The minimum atomic E-state index is -0.450. The van der Waals surface area contributed by atoms with E-state index in [9.17, 15) is 5.11 Å². The number of pyridine rings is 1. The van der Waals surface area contributed by atoms with Crippen LogP contribution in [-0.2, 0) is 6.54 Å². The number of aromatic nitrogens is 2. The fraction of sp³-hybridized carbons (Fsp3) is 0.435. The van der Waals surface area contributed by atoms with E-state index < -0.39 is 6.10 Å². The monoisotopic (exact) mass is 407 g/mol. The van der Waals surface area contributed by atoms with E-state index in [1.807, 2.05) is 30.5 Å². The summed E-state index contributed by atoms with van der Waals surface area (Å²) in [5.74, 6) is 3.22. The Morgan fingerprint density at radius 1 is 1.13 bits per heavy atom. The molecule has 2 aromatic heterocycles. The number of likely N-dealkylation sites (tertiary alicyclic amines) is 1. The van der Waals surface area contributed by atoms with Crippen molar-refractivity contribution in [3.63, 3.8) is 0 Å². The summed E-state index contributed by atoms with van der Waals surface area (Å²) in [6, 6.07) is 9.71. The zero-order chi connectivity index (χ0) is 20.1. The molecule has 2 fully saturated rings.